The van der Waals surface area contributed by atoms with Gasteiger partial charge in [-0.05, 0) is 62.1 Å². The highest BCUT2D eigenvalue weighted by molar-refractivity contribution is 7.90. The van der Waals surface area contributed by atoms with E-state index in [0.29, 0.717) is 24.0 Å². The van der Waals surface area contributed by atoms with Crippen molar-refractivity contribution in [3.05, 3.63) is 89.3 Å². The molecule has 6 nitrogen and oxygen atoms in total. The van der Waals surface area contributed by atoms with Crippen LogP contribution in [0, 0.1) is 5.82 Å². The molecule has 178 valence electrons. The lowest BCUT2D eigenvalue weighted by molar-refractivity contribution is -0.147. The number of ether oxygens (including phenoxy) is 1. The number of rotatable bonds is 7. The minimum Gasteiger partial charge on any atom is -0.451 e. The van der Waals surface area contributed by atoms with Gasteiger partial charge < -0.3 is 10.5 Å². The third-order valence-electron chi connectivity index (χ3n) is 5.41. The van der Waals surface area contributed by atoms with Crippen molar-refractivity contribution in [1.82, 2.24) is 0 Å². The number of primary amides is 1. The van der Waals surface area contributed by atoms with E-state index in [0.717, 1.165) is 12.3 Å². The van der Waals surface area contributed by atoms with Crippen LogP contribution in [-0.4, -0.2) is 32.2 Å². The number of hydrogen-bond acceptors (Lipinski definition) is 5. The number of hydrogen-bond donors (Lipinski definition) is 1. The predicted molar refractivity (Wildman–Crippen MR) is 129 cm³/mol. The normalized spacial score (nSPS) is 14.8. The number of allylic oxidation sites excluding steroid dienone is 3. The molecule has 0 fully saturated rings. The number of nitrogens with two attached hydrogens (primary N) is 1. The number of carbonyl (C=O) groups is 2. The molecule has 34 heavy (non-hydrogen) atoms. The number of amides is 1. The number of carbonyl (C=O) groups excluding carboxylic acids is 2. The van der Waals surface area contributed by atoms with Gasteiger partial charge in [0.1, 0.15) is 11.4 Å². The first-order valence-electron chi connectivity index (χ1n) is 10.6. The summed E-state index contributed by atoms with van der Waals surface area (Å²) in [6.45, 7) is 3.21. The van der Waals surface area contributed by atoms with E-state index in [9.17, 15) is 22.4 Å². The van der Waals surface area contributed by atoms with E-state index in [1.807, 2.05) is 6.08 Å². The van der Waals surface area contributed by atoms with Gasteiger partial charge in [-0.3, -0.25) is 4.79 Å². The molecule has 0 spiro atoms. The quantitative estimate of drug-likeness (QED) is 0.361. The average molecular weight is 484 g/mol. The van der Waals surface area contributed by atoms with Crippen LogP contribution < -0.4 is 5.73 Å². The summed E-state index contributed by atoms with van der Waals surface area (Å²) >= 11 is 0. The molecule has 0 aromatic heterocycles. The molecule has 2 aromatic carbocycles. The third kappa shape index (κ3) is 5.69. The van der Waals surface area contributed by atoms with Crippen molar-refractivity contribution < 1.29 is 27.1 Å². The fourth-order valence-electron chi connectivity index (χ4n) is 3.84. The Morgan fingerprint density at radius 2 is 1.74 bits per heavy atom. The first kappa shape index (κ1) is 25.1. The highest BCUT2D eigenvalue weighted by Crippen LogP contribution is 2.38. The Labute approximate surface area is 198 Å². The standard InChI is InChI=1S/C26H26FNO5S/c1-26(2,33-25(30)18-8-5-4-6-9-18)23(17-12-14-21(15-13-17)34(3,31)32)22(24(28)29)19-10-7-11-20(27)16-19/h4-5,7-8,10-16H,6,9H2,1-3H3,(H2,28,29)/b23-22-. The first-order chi connectivity index (χ1) is 15.9. The molecule has 0 aliphatic heterocycles. The Hall–Kier alpha value is -3.52. The molecule has 1 aliphatic rings. The Morgan fingerprint density at radius 1 is 1.06 bits per heavy atom. The van der Waals surface area contributed by atoms with Gasteiger partial charge in [0, 0.05) is 17.4 Å². The molecule has 0 bridgehead atoms. The van der Waals surface area contributed by atoms with E-state index in [-0.39, 0.29) is 21.6 Å². The second-order valence-corrected chi connectivity index (χ2v) is 10.5. The number of esters is 1. The minimum atomic E-state index is -3.47. The maximum atomic E-state index is 14.0. The zero-order valence-electron chi connectivity index (χ0n) is 19.2. The molecular weight excluding hydrogens is 457 g/mol. The van der Waals surface area contributed by atoms with Crippen LogP contribution in [0.25, 0.3) is 11.1 Å². The van der Waals surface area contributed by atoms with Crippen LogP contribution >= 0.6 is 0 Å². The second-order valence-electron chi connectivity index (χ2n) is 8.48. The van der Waals surface area contributed by atoms with E-state index in [4.69, 9.17) is 10.5 Å². The van der Waals surface area contributed by atoms with Gasteiger partial charge in [0.05, 0.1) is 10.5 Å². The van der Waals surface area contributed by atoms with Crippen LogP contribution in [0.15, 0.2) is 77.2 Å². The van der Waals surface area contributed by atoms with Crippen molar-refractivity contribution in [3.8, 4) is 0 Å². The fourth-order valence-corrected chi connectivity index (χ4v) is 4.47. The van der Waals surface area contributed by atoms with Gasteiger partial charge >= 0.3 is 5.97 Å². The Kier molecular flexibility index (Phi) is 7.21. The van der Waals surface area contributed by atoms with Gasteiger partial charge in [-0.2, -0.15) is 0 Å². The molecule has 0 saturated carbocycles. The topological polar surface area (TPSA) is 104 Å². The lowest BCUT2D eigenvalue weighted by atomic mass is 9.84. The van der Waals surface area contributed by atoms with Gasteiger partial charge in [-0.15, -0.1) is 0 Å². The number of benzene rings is 2. The summed E-state index contributed by atoms with van der Waals surface area (Å²) in [5.41, 5.74) is 5.64. The summed E-state index contributed by atoms with van der Waals surface area (Å²) in [5, 5.41) is 0. The summed E-state index contributed by atoms with van der Waals surface area (Å²) < 4.78 is 43.8. The lowest BCUT2D eigenvalue weighted by Gasteiger charge is -2.31. The van der Waals surface area contributed by atoms with Crippen LogP contribution in [0.4, 0.5) is 4.39 Å². The van der Waals surface area contributed by atoms with E-state index in [2.05, 4.69) is 0 Å². The van der Waals surface area contributed by atoms with Crippen molar-refractivity contribution in [1.29, 1.82) is 0 Å². The summed E-state index contributed by atoms with van der Waals surface area (Å²) in [6.07, 6.45) is 7.68. The van der Waals surface area contributed by atoms with Crippen molar-refractivity contribution in [2.75, 3.05) is 6.26 Å². The van der Waals surface area contributed by atoms with E-state index in [1.165, 1.54) is 42.5 Å². The molecular formula is C26H26FNO5S. The molecule has 2 N–H and O–H groups in total. The number of halogens is 1. The van der Waals surface area contributed by atoms with E-state index >= 15 is 0 Å². The molecule has 0 atom stereocenters. The lowest BCUT2D eigenvalue weighted by Crippen LogP contribution is -2.33. The van der Waals surface area contributed by atoms with Gasteiger partial charge in [0.25, 0.3) is 0 Å². The molecule has 2 aromatic rings. The molecule has 0 radical (unpaired) electrons. The molecule has 0 saturated heterocycles. The van der Waals surface area contributed by atoms with Crippen LogP contribution in [0.3, 0.4) is 0 Å². The highest BCUT2D eigenvalue weighted by atomic mass is 32.2. The van der Waals surface area contributed by atoms with Gasteiger partial charge in [-0.1, -0.05) is 42.5 Å². The molecule has 3 rings (SSSR count). The molecule has 1 amide bonds. The van der Waals surface area contributed by atoms with Crippen LogP contribution in [-0.2, 0) is 24.2 Å². The van der Waals surface area contributed by atoms with Crippen molar-refractivity contribution in [2.24, 2.45) is 5.73 Å². The molecule has 0 unspecified atom stereocenters. The summed E-state index contributed by atoms with van der Waals surface area (Å²) in [5.74, 6) is -1.98. The smallest absolute Gasteiger partial charge is 0.334 e. The fraction of sp³-hybridized carbons (Fsp3) is 0.231. The van der Waals surface area contributed by atoms with E-state index in [1.54, 1.807) is 26.0 Å². The van der Waals surface area contributed by atoms with Gasteiger partial charge in [0.15, 0.2) is 9.84 Å². The van der Waals surface area contributed by atoms with Crippen molar-refractivity contribution in [2.45, 2.75) is 37.2 Å². The predicted octanol–water partition coefficient (Wildman–Crippen LogP) is 4.22. The zero-order chi connectivity index (χ0) is 25.1. The van der Waals surface area contributed by atoms with Gasteiger partial charge in [0.2, 0.25) is 5.91 Å². The summed E-state index contributed by atoms with van der Waals surface area (Å²) in [4.78, 5) is 25.7. The van der Waals surface area contributed by atoms with Gasteiger partial charge in [-0.25, -0.2) is 17.6 Å². The largest absolute Gasteiger partial charge is 0.451 e. The minimum absolute atomic E-state index is 0.0399. The molecule has 8 heteroatoms. The van der Waals surface area contributed by atoms with Crippen LogP contribution in [0.1, 0.15) is 37.8 Å². The first-order valence-corrected chi connectivity index (χ1v) is 12.5. The Balaban J connectivity index is 2.23. The SMILES string of the molecule is CC(C)(OC(=O)C1=CC=CCC1)/C(=C(\C(N)=O)c1cccc(F)c1)c1ccc(S(C)(=O)=O)cc1. The average Bonchev–Trinajstić information content (AvgIpc) is 2.76. The maximum Gasteiger partial charge on any atom is 0.334 e. The number of sulfone groups is 1. The van der Waals surface area contributed by atoms with Crippen molar-refractivity contribution >= 4 is 32.9 Å². The Bertz CT molecular complexity index is 1320. The van der Waals surface area contributed by atoms with E-state index < -0.39 is 33.1 Å². The van der Waals surface area contributed by atoms with Crippen molar-refractivity contribution in [3.63, 3.8) is 0 Å². The summed E-state index contributed by atoms with van der Waals surface area (Å²) in [6, 6.07) is 11.2. The highest BCUT2D eigenvalue weighted by Gasteiger charge is 2.35. The van der Waals surface area contributed by atoms with Crippen LogP contribution in [0.2, 0.25) is 0 Å². The summed E-state index contributed by atoms with van der Waals surface area (Å²) in [7, 11) is -3.47. The zero-order valence-corrected chi connectivity index (χ0v) is 20.0. The third-order valence-corrected chi connectivity index (χ3v) is 6.54. The monoisotopic (exact) mass is 483 g/mol. The maximum absolute atomic E-state index is 14.0. The second kappa shape index (κ2) is 9.77. The van der Waals surface area contributed by atoms with Crippen LogP contribution in [0.5, 0.6) is 0 Å². The Morgan fingerprint density at radius 3 is 2.26 bits per heavy atom. The molecule has 0 heterocycles. The molecule has 1 aliphatic carbocycles.